The van der Waals surface area contributed by atoms with Gasteiger partial charge in [-0.05, 0) is 43.4 Å². The van der Waals surface area contributed by atoms with Gasteiger partial charge in [-0.1, -0.05) is 31.9 Å². The predicted molar refractivity (Wildman–Crippen MR) is 96.0 cm³/mol. The second-order valence-corrected chi connectivity index (χ2v) is 6.95. The van der Waals surface area contributed by atoms with Crippen LogP contribution in [0.1, 0.15) is 51.1 Å². The Morgan fingerprint density at radius 1 is 1.44 bits per heavy atom. The SMILES string of the molecule is C[C@@H]1CCC[C@@H](OCc2cccc(NC(=O)[C@H](C)n3cncn3)c2)C1. The fraction of sp³-hybridized carbons (Fsp3) is 0.526. The highest BCUT2D eigenvalue weighted by molar-refractivity contribution is 5.93. The van der Waals surface area contributed by atoms with Crippen molar-refractivity contribution in [2.24, 2.45) is 5.92 Å². The first-order valence-corrected chi connectivity index (χ1v) is 8.97. The van der Waals surface area contributed by atoms with E-state index in [0.29, 0.717) is 12.7 Å². The van der Waals surface area contributed by atoms with Crippen LogP contribution in [0.3, 0.4) is 0 Å². The van der Waals surface area contributed by atoms with E-state index in [2.05, 4.69) is 22.3 Å². The number of ether oxygens (including phenoxy) is 1. The molecule has 2 aromatic rings. The molecule has 1 aromatic carbocycles. The monoisotopic (exact) mass is 342 g/mol. The van der Waals surface area contributed by atoms with Gasteiger partial charge in [0.05, 0.1) is 12.7 Å². The topological polar surface area (TPSA) is 69.0 Å². The van der Waals surface area contributed by atoms with Crippen molar-refractivity contribution in [3.63, 3.8) is 0 Å². The summed E-state index contributed by atoms with van der Waals surface area (Å²) in [5, 5.41) is 6.94. The zero-order chi connectivity index (χ0) is 17.6. The van der Waals surface area contributed by atoms with Crippen molar-refractivity contribution in [3.05, 3.63) is 42.5 Å². The van der Waals surface area contributed by atoms with Crippen molar-refractivity contribution >= 4 is 11.6 Å². The highest BCUT2D eigenvalue weighted by atomic mass is 16.5. The fourth-order valence-electron chi connectivity index (χ4n) is 3.27. The van der Waals surface area contributed by atoms with Gasteiger partial charge in [0.2, 0.25) is 5.91 Å². The molecule has 0 bridgehead atoms. The molecule has 1 saturated carbocycles. The number of nitrogens with zero attached hydrogens (tertiary/aromatic N) is 3. The molecule has 0 saturated heterocycles. The van der Waals surface area contributed by atoms with Gasteiger partial charge in [0.15, 0.2) is 0 Å². The second kappa shape index (κ2) is 8.25. The average Bonchev–Trinajstić information content (AvgIpc) is 3.14. The average molecular weight is 342 g/mol. The van der Waals surface area contributed by atoms with Gasteiger partial charge in [0.1, 0.15) is 18.7 Å². The molecule has 0 unspecified atom stereocenters. The van der Waals surface area contributed by atoms with Gasteiger partial charge in [0.25, 0.3) is 0 Å². The molecule has 1 heterocycles. The van der Waals surface area contributed by atoms with Crippen LogP contribution in [0.5, 0.6) is 0 Å². The van der Waals surface area contributed by atoms with Crippen LogP contribution in [-0.2, 0) is 16.1 Å². The van der Waals surface area contributed by atoms with Crippen LogP contribution in [0.4, 0.5) is 5.69 Å². The minimum Gasteiger partial charge on any atom is -0.374 e. The number of hydrogen-bond acceptors (Lipinski definition) is 4. The van der Waals surface area contributed by atoms with E-state index in [9.17, 15) is 4.79 Å². The lowest BCUT2D eigenvalue weighted by molar-refractivity contribution is -0.119. The Bertz CT molecular complexity index is 686. The number of amides is 1. The van der Waals surface area contributed by atoms with E-state index in [1.807, 2.05) is 24.3 Å². The Kier molecular flexibility index (Phi) is 5.81. The highest BCUT2D eigenvalue weighted by Gasteiger charge is 2.19. The number of hydrogen-bond donors (Lipinski definition) is 1. The lowest BCUT2D eigenvalue weighted by Crippen LogP contribution is -2.24. The largest absolute Gasteiger partial charge is 0.374 e. The molecule has 3 atom stereocenters. The zero-order valence-corrected chi connectivity index (χ0v) is 14.9. The Labute approximate surface area is 148 Å². The molecule has 1 aromatic heterocycles. The number of carbonyl (C=O) groups is 1. The van der Waals surface area contributed by atoms with Crippen molar-refractivity contribution in [1.82, 2.24) is 14.8 Å². The fourth-order valence-corrected chi connectivity index (χ4v) is 3.27. The molecule has 3 rings (SSSR count). The quantitative estimate of drug-likeness (QED) is 0.871. The van der Waals surface area contributed by atoms with Crippen LogP contribution in [0, 0.1) is 5.92 Å². The van der Waals surface area contributed by atoms with Crippen molar-refractivity contribution in [3.8, 4) is 0 Å². The molecule has 0 aliphatic heterocycles. The lowest BCUT2D eigenvalue weighted by atomic mass is 9.89. The third-order valence-electron chi connectivity index (χ3n) is 4.78. The first-order valence-electron chi connectivity index (χ1n) is 8.97. The van der Waals surface area contributed by atoms with Crippen molar-refractivity contribution in [2.75, 3.05) is 5.32 Å². The number of benzene rings is 1. The van der Waals surface area contributed by atoms with E-state index < -0.39 is 6.04 Å². The number of carbonyl (C=O) groups excluding carboxylic acids is 1. The third-order valence-corrected chi connectivity index (χ3v) is 4.78. The molecule has 1 aliphatic rings. The van der Waals surface area contributed by atoms with Crippen LogP contribution < -0.4 is 5.32 Å². The summed E-state index contributed by atoms with van der Waals surface area (Å²) in [5.74, 6) is 0.632. The Hall–Kier alpha value is -2.21. The third kappa shape index (κ3) is 4.89. The highest BCUT2D eigenvalue weighted by Crippen LogP contribution is 2.26. The number of anilines is 1. The lowest BCUT2D eigenvalue weighted by Gasteiger charge is -2.26. The maximum absolute atomic E-state index is 12.3. The number of rotatable bonds is 6. The van der Waals surface area contributed by atoms with Crippen molar-refractivity contribution in [2.45, 2.75) is 58.3 Å². The summed E-state index contributed by atoms with van der Waals surface area (Å²) in [6.45, 7) is 4.67. The summed E-state index contributed by atoms with van der Waals surface area (Å²) in [4.78, 5) is 16.2. The molecule has 0 spiro atoms. The Balaban J connectivity index is 1.55. The van der Waals surface area contributed by atoms with Crippen LogP contribution in [0.25, 0.3) is 0 Å². The van der Waals surface area contributed by atoms with Crippen LogP contribution in [0.2, 0.25) is 0 Å². The summed E-state index contributed by atoms with van der Waals surface area (Å²) in [7, 11) is 0. The molecule has 1 amide bonds. The van der Waals surface area contributed by atoms with Crippen LogP contribution in [-0.4, -0.2) is 26.8 Å². The molecule has 6 nitrogen and oxygen atoms in total. The zero-order valence-electron chi connectivity index (χ0n) is 14.9. The van der Waals surface area contributed by atoms with Crippen molar-refractivity contribution in [1.29, 1.82) is 0 Å². The van der Waals surface area contributed by atoms with E-state index in [1.165, 1.54) is 23.9 Å². The predicted octanol–water partition coefficient (Wildman–Crippen LogP) is 3.57. The van der Waals surface area contributed by atoms with E-state index in [1.54, 1.807) is 13.3 Å². The first kappa shape index (κ1) is 17.6. The van der Waals surface area contributed by atoms with E-state index in [4.69, 9.17) is 4.74 Å². The molecule has 25 heavy (non-hydrogen) atoms. The molecule has 1 N–H and O–H groups in total. The van der Waals surface area contributed by atoms with Gasteiger partial charge in [-0.15, -0.1) is 0 Å². The van der Waals surface area contributed by atoms with Gasteiger partial charge < -0.3 is 10.1 Å². The Morgan fingerprint density at radius 3 is 3.08 bits per heavy atom. The molecule has 134 valence electrons. The second-order valence-electron chi connectivity index (χ2n) is 6.95. The number of nitrogens with one attached hydrogen (secondary N) is 1. The summed E-state index contributed by atoms with van der Waals surface area (Å²) >= 11 is 0. The van der Waals surface area contributed by atoms with Crippen LogP contribution in [0.15, 0.2) is 36.9 Å². The van der Waals surface area contributed by atoms with Crippen molar-refractivity contribution < 1.29 is 9.53 Å². The van der Waals surface area contributed by atoms with E-state index in [0.717, 1.165) is 30.0 Å². The summed E-state index contributed by atoms with van der Waals surface area (Å²) in [6, 6.07) is 7.42. The minimum absolute atomic E-state index is 0.121. The van der Waals surface area contributed by atoms with Crippen LogP contribution >= 0.6 is 0 Å². The molecular formula is C19H26N4O2. The van der Waals surface area contributed by atoms with Gasteiger partial charge in [-0.25, -0.2) is 9.67 Å². The molecule has 0 radical (unpaired) electrons. The van der Waals surface area contributed by atoms with Gasteiger partial charge >= 0.3 is 0 Å². The molecular weight excluding hydrogens is 316 g/mol. The summed E-state index contributed by atoms with van der Waals surface area (Å²) in [5.41, 5.74) is 1.85. The van der Waals surface area contributed by atoms with E-state index in [-0.39, 0.29) is 5.91 Å². The van der Waals surface area contributed by atoms with E-state index >= 15 is 0 Å². The smallest absolute Gasteiger partial charge is 0.249 e. The molecule has 6 heteroatoms. The molecule has 1 aliphatic carbocycles. The maximum atomic E-state index is 12.3. The standard InChI is InChI=1S/C19H26N4O2/c1-14-5-3-8-18(9-14)25-11-16-6-4-7-17(10-16)22-19(24)15(2)23-13-20-12-21-23/h4,6-7,10,12-15,18H,3,5,8-9,11H2,1-2H3,(H,22,24)/t14-,15+,18-/m1/s1. The normalized spacial score (nSPS) is 21.7. The van der Waals surface area contributed by atoms with Gasteiger partial charge in [-0.3, -0.25) is 4.79 Å². The minimum atomic E-state index is -0.411. The summed E-state index contributed by atoms with van der Waals surface area (Å²) in [6.07, 6.45) is 8.18. The summed E-state index contributed by atoms with van der Waals surface area (Å²) < 4.78 is 7.60. The van der Waals surface area contributed by atoms with Gasteiger partial charge in [-0.2, -0.15) is 5.10 Å². The Morgan fingerprint density at radius 2 is 2.32 bits per heavy atom. The van der Waals surface area contributed by atoms with Gasteiger partial charge in [0, 0.05) is 5.69 Å². The maximum Gasteiger partial charge on any atom is 0.249 e. The first-order chi connectivity index (χ1) is 12.1. The molecule has 1 fully saturated rings. The number of aromatic nitrogens is 3.